The van der Waals surface area contributed by atoms with Gasteiger partial charge in [0.05, 0.1) is 0 Å². The number of nitrogens with zero attached hydrogens (tertiary/aromatic N) is 2. The molecule has 1 heterocycles. The second kappa shape index (κ2) is 4.88. The number of rotatable bonds is 3. The van der Waals surface area contributed by atoms with Crippen LogP contribution in [0.25, 0.3) is 0 Å². The molecule has 0 fully saturated rings. The minimum Gasteiger partial charge on any atom is -0.388 e. The standard InChI is InChI=1S/C12H12N4S/c1-8-4-2-3-5-9(8)15-12-14-7-6-10(16-12)11(13)17/h2-7H,1H3,(H2,13,17)(H,14,15,16). The van der Waals surface area contributed by atoms with Crippen molar-refractivity contribution in [2.45, 2.75) is 6.92 Å². The largest absolute Gasteiger partial charge is 0.388 e. The van der Waals surface area contributed by atoms with E-state index in [0.29, 0.717) is 11.6 Å². The Kier molecular flexibility index (Phi) is 3.30. The maximum absolute atomic E-state index is 5.52. The first-order chi connectivity index (χ1) is 8.16. The van der Waals surface area contributed by atoms with E-state index in [2.05, 4.69) is 15.3 Å². The number of hydrogen-bond acceptors (Lipinski definition) is 4. The number of benzene rings is 1. The van der Waals surface area contributed by atoms with Gasteiger partial charge in [0.2, 0.25) is 5.95 Å². The number of nitrogens with two attached hydrogens (primary N) is 1. The molecule has 0 spiro atoms. The lowest BCUT2D eigenvalue weighted by atomic mass is 10.2. The van der Waals surface area contributed by atoms with Crippen molar-refractivity contribution in [3.63, 3.8) is 0 Å². The zero-order valence-electron chi connectivity index (χ0n) is 9.34. The second-order valence-corrected chi connectivity index (χ2v) is 4.01. The Balaban J connectivity index is 2.28. The summed E-state index contributed by atoms with van der Waals surface area (Å²) in [6.45, 7) is 2.01. The molecule has 0 amide bonds. The third-order valence-corrected chi connectivity index (χ3v) is 2.51. The number of para-hydroxylation sites is 1. The van der Waals surface area contributed by atoms with Crippen molar-refractivity contribution < 1.29 is 0 Å². The average molecular weight is 244 g/mol. The van der Waals surface area contributed by atoms with E-state index in [0.717, 1.165) is 11.3 Å². The van der Waals surface area contributed by atoms with E-state index in [9.17, 15) is 0 Å². The normalized spacial score (nSPS) is 9.94. The Morgan fingerprint density at radius 1 is 1.29 bits per heavy atom. The molecule has 0 radical (unpaired) electrons. The van der Waals surface area contributed by atoms with Crippen LogP contribution < -0.4 is 11.1 Å². The van der Waals surface area contributed by atoms with E-state index in [1.54, 1.807) is 12.3 Å². The van der Waals surface area contributed by atoms with Crippen molar-refractivity contribution in [2.24, 2.45) is 5.73 Å². The van der Waals surface area contributed by atoms with E-state index in [-0.39, 0.29) is 4.99 Å². The number of aromatic nitrogens is 2. The summed E-state index contributed by atoms with van der Waals surface area (Å²) in [4.78, 5) is 8.61. The van der Waals surface area contributed by atoms with Crippen molar-refractivity contribution in [1.29, 1.82) is 0 Å². The van der Waals surface area contributed by atoms with Gasteiger partial charge in [0, 0.05) is 11.9 Å². The van der Waals surface area contributed by atoms with Crippen LogP contribution in [0.5, 0.6) is 0 Å². The highest BCUT2D eigenvalue weighted by Crippen LogP contribution is 2.17. The highest BCUT2D eigenvalue weighted by Gasteiger charge is 2.03. The average Bonchev–Trinajstić information content (AvgIpc) is 2.32. The lowest BCUT2D eigenvalue weighted by Gasteiger charge is -2.08. The molecule has 1 aromatic heterocycles. The molecule has 0 saturated carbocycles. The van der Waals surface area contributed by atoms with E-state index >= 15 is 0 Å². The predicted octanol–water partition coefficient (Wildman–Crippen LogP) is 2.16. The van der Waals surface area contributed by atoms with E-state index in [1.807, 2.05) is 31.2 Å². The summed E-state index contributed by atoms with van der Waals surface area (Å²) in [6.07, 6.45) is 1.63. The molecule has 17 heavy (non-hydrogen) atoms. The molecule has 1 aromatic carbocycles. The Bertz CT molecular complexity index is 554. The van der Waals surface area contributed by atoms with Gasteiger partial charge >= 0.3 is 0 Å². The number of thiocarbonyl (C=S) groups is 1. The molecule has 0 bridgehead atoms. The fourth-order valence-electron chi connectivity index (χ4n) is 1.39. The van der Waals surface area contributed by atoms with E-state index in [4.69, 9.17) is 18.0 Å². The van der Waals surface area contributed by atoms with Crippen LogP contribution in [-0.2, 0) is 0 Å². The Morgan fingerprint density at radius 3 is 2.76 bits per heavy atom. The summed E-state index contributed by atoms with van der Waals surface area (Å²) in [6, 6.07) is 9.59. The van der Waals surface area contributed by atoms with Crippen LogP contribution >= 0.6 is 12.2 Å². The molecule has 5 heteroatoms. The van der Waals surface area contributed by atoms with Gasteiger partial charge in [-0.2, -0.15) is 0 Å². The van der Waals surface area contributed by atoms with Crippen LogP contribution in [0.15, 0.2) is 36.5 Å². The SMILES string of the molecule is Cc1ccccc1Nc1nccc(C(N)=S)n1. The van der Waals surface area contributed by atoms with Crippen molar-refractivity contribution in [1.82, 2.24) is 9.97 Å². The molecule has 3 N–H and O–H groups in total. The third-order valence-electron chi connectivity index (χ3n) is 2.30. The first-order valence-electron chi connectivity index (χ1n) is 5.12. The number of aryl methyl sites for hydroxylation is 1. The van der Waals surface area contributed by atoms with Crippen molar-refractivity contribution in [3.8, 4) is 0 Å². The van der Waals surface area contributed by atoms with Crippen LogP contribution in [0.1, 0.15) is 11.3 Å². The highest BCUT2D eigenvalue weighted by molar-refractivity contribution is 7.80. The minimum absolute atomic E-state index is 0.264. The maximum Gasteiger partial charge on any atom is 0.227 e. The van der Waals surface area contributed by atoms with Gasteiger partial charge in [-0.1, -0.05) is 30.4 Å². The van der Waals surface area contributed by atoms with Gasteiger partial charge in [-0.25, -0.2) is 9.97 Å². The number of hydrogen-bond donors (Lipinski definition) is 2. The molecule has 0 aliphatic carbocycles. The van der Waals surface area contributed by atoms with E-state index in [1.165, 1.54) is 0 Å². The van der Waals surface area contributed by atoms with Crippen molar-refractivity contribution in [3.05, 3.63) is 47.8 Å². The summed E-state index contributed by atoms with van der Waals surface area (Å²) in [5, 5.41) is 3.13. The summed E-state index contributed by atoms with van der Waals surface area (Å²) < 4.78 is 0. The zero-order valence-corrected chi connectivity index (χ0v) is 10.2. The molecular weight excluding hydrogens is 232 g/mol. The van der Waals surface area contributed by atoms with Crippen LogP contribution in [0.3, 0.4) is 0 Å². The molecule has 0 atom stereocenters. The molecule has 86 valence electrons. The van der Waals surface area contributed by atoms with Crippen LogP contribution in [0.4, 0.5) is 11.6 Å². The summed E-state index contributed by atoms with van der Waals surface area (Å²) in [5.74, 6) is 0.490. The first-order valence-corrected chi connectivity index (χ1v) is 5.53. The Labute approximate surface area is 105 Å². The monoisotopic (exact) mass is 244 g/mol. The smallest absolute Gasteiger partial charge is 0.227 e. The van der Waals surface area contributed by atoms with Gasteiger partial charge in [-0.3, -0.25) is 0 Å². The summed E-state index contributed by atoms with van der Waals surface area (Å²) >= 11 is 4.87. The van der Waals surface area contributed by atoms with Crippen molar-refractivity contribution >= 4 is 28.8 Å². The summed E-state index contributed by atoms with van der Waals surface area (Å²) in [5.41, 5.74) is 8.17. The zero-order chi connectivity index (χ0) is 12.3. The summed E-state index contributed by atoms with van der Waals surface area (Å²) in [7, 11) is 0. The molecule has 0 aliphatic rings. The Hall–Kier alpha value is -2.01. The van der Waals surface area contributed by atoms with Gasteiger partial charge in [-0.15, -0.1) is 0 Å². The molecule has 0 unspecified atom stereocenters. The lowest BCUT2D eigenvalue weighted by molar-refractivity contribution is 1.15. The predicted molar refractivity (Wildman–Crippen MR) is 72.4 cm³/mol. The molecule has 2 rings (SSSR count). The highest BCUT2D eigenvalue weighted by atomic mass is 32.1. The number of anilines is 2. The van der Waals surface area contributed by atoms with Gasteiger partial charge < -0.3 is 11.1 Å². The minimum atomic E-state index is 0.264. The molecule has 4 nitrogen and oxygen atoms in total. The number of nitrogens with one attached hydrogen (secondary N) is 1. The quantitative estimate of drug-likeness (QED) is 0.810. The van der Waals surface area contributed by atoms with Crippen LogP contribution in [0.2, 0.25) is 0 Å². The molecule has 0 aliphatic heterocycles. The maximum atomic E-state index is 5.52. The van der Waals surface area contributed by atoms with Crippen molar-refractivity contribution in [2.75, 3.05) is 5.32 Å². The molecular formula is C12H12N4S. The third kappa shape index (κ3) is 2.76. The van der Waals surface area contributed by atoms with Gasteiger partial charge in [-0.05, 0) is 24.6 Å². The van der Waals surface area contributed by atoms with Gasteiger partial charge in [0.15, 0.2) is 0 Å². The second-order valence-electron chi connectivity index (χ2n) is 3.57. The first kappa shape index (κ1) is 11.5. The fourth-order valence-corrected chi connectivity index (χ4v) is 1.50. The topological polar surface area (TPSA) is 63.8 Å². The van der Waals surface area contributed by atoms with E-state index < -0.39 is 0 Å². The Morgan fingerprint density at radius 2 is 2.06 bits per heavy atom. The van der Waals surface area contributed by atoms with Gasteiger partial charge in [0.25, 0.3) is 0 Å². The lowest BCUT2D eigenvalue weighted by Crippen LogP contribution is -2.12. The molecule has 2 aromatic rings. The fraction of sp³-hybridized carbons (Fsp3) is 0.0833. The van der Waals surface area contributed by atoms with Crippen LogP contribution in [-0.4, -0.2) is 15.0 Å². The molecule has 0 saturated heterocycles. The van der Waals surface area contributed by atoms with Crippen LogP contribution in [0, 0.1) is 6.92 Å². The van der Waals surface area contributed by atoms with Gasteiger partial charge in [0.1, 0.15) is 10.7 Å².